The maximum absolute atomic E-state index is 14.2. The zero-order valence-corrected chi connectivity index (χ0v) is 18.4. The number of hydrogen-bond acceptors (Lipinski definition) is 4. The standard InChI is InChI=1S/C24H21NO4P2/c26-30(23-17-9-3-10-18-23,28-21-13-5-1-6-14-21)25-31(27,24-19-11-4-12-20-24)29-22-15-7-2-8-16-22/h1-20H,(H,25,26,27). The summed E-state index contributed by atoms with van der Waals surface area (Å²) in [6.07, 6.45) is 0. The van der Waals surface area contributed by atoms with Gasteiger partial charge in [0.15, 0.2) is 0 Å². The highest BCUT2D eigenvalue weighted by Gasteiger charge is 2.40. The number of hydrogen-bond donors (Lipinski definition) is 1. The van der Waals surface area contributed by atoms with Gasteiger partial charge >= 0.3 is 15.0 Å². The molecule has 0 amide bonds. The van der Waals surface area contributed by atoms with Crippen molar-refractivity contribution in [3.05, 3.63) is 121 Å². The van der Waals surface area contributed by atoms with Crippen LogP contribution in [0.2, 0.25) is 0 Å². The first-order valence-electron chi connectivity index (χ1n) is 9.68. The van der Waals surface area contributed by atoms with Gasteiger partial charge in [0.25, 0.3) is 0 Å². The van der Waals surface area contributed by atoms with E-state index in [0.29, 0.717) is 22.1 Å². The molecule has 0 radical (unpaired) electrons. The Morgan fingerprint density at radius 3 is 1.06 bits per heavy atom. The number of rotatable bonds is 8. The van der Waals surface area contributed by atoms with Crippen LogP contribution in [0.5, 0.6) is 11.5 Å². The van der Waals surface area contributed by atoms with E-state index < -0.39 is 15.0 Å². The largest absolute Gasteiger partial charge is 0.429 e. The molecule has 0 fully saturated rings. The van der Waals surface area contributed by atoms with Crippen molar-refractivity contribution in [3.8, 4) is 11.5 Å². The Balaban J connectivity index is 1.79. The Morgan fingerprint density at radius 2 is 0.742 bits per heavy atom. The highest BCUT2D eigenvalue weighted by molar-refractivity contribution is 7.80. The Bertz CT molecular complexity index is 1110. The van der Waals surface area contributed by atoms with Crippen molar-refractivity contribution in [3.63, 3.8) is 0 Å². The molecule has 4 aromatic carbocycles. The third kappa shape index (κ3) is 5.15. The lowest BCUT2D eigenvalue weighted by molar-refractivity contribution is 0.467. The molecule has 0 bridgehead atoms. The molecule has 156 valence electrons. The van der Waals surface area contributed by atoms with Crippen LogP contribution in [-0.2, 0) is 9.13 Å². The molecule has 2 atom stereocenters. The van der Waals surface area contributed by atoms with Crippen LogP contribution in [0.1, 0.15) is 0 Å². The quantitative estimate of drug-likeness (QED) is 0.346. The summed E-state index contributed by atoms with van der Waals surface area (Å²) in [5.74, 6) is 0.781. The van der Waals surface area contributed by atoms with Crippen LogP contribution in [0.15, 0.2) is 121 Å². The summed E-state index contributed by atoms with van der Waals surface area (Å²) in [5, 5.41) is 0.762. The van der Waals surface area contributed by atoms with Gasteiger partial charge in [-0.2, -0.15) is 0 Å². The first-order valence-corrected chi connectivity index (χ1v) is 12.9. The molecule has 0 aliphatic rings. The van der Waals surface area contributed by atoms with Gasteiger partial charge in [-0.05, 0) is 48.5 Å². The summed E-state index contributed by atoms with van der Waals surface area (Å²) in [7, 11) is -7.71. The molecule has 0 saturated carbocycles. The maximum atomic E-state index is 14.2. The van der Waals surface area contributed by atoms with Gasteiger partial charge in [0.2, 0.25) is 0 Å². The Labute approximate surface area is 181 Å². The van der Waals surface area contributed by atoms with Gasteiger partial charge < -0.3 is 9.05 Å². The summed E-state index contributed by atoms with van der Waals surface area (Å²) >= 11 is 0. The number of para-hydroxylation sites is 2. The Kier molecular flexibility index (Phi) is 6.39. The van der Waals surface area contributed by atoms with E-state index in [1.165, 1.54) is 0 Å². The van der Waals surface area contributed by atoms with Crippen LogP contribution in [0.4, 0.5) is 0 Å². The van der Waals surface area contributed by atoms with E-state index in [-0.39, 0.29) is 0 Å². The second kappa shape index (κ2) is 9.36. The molecule has 0 saturated heterocycles. The van der Waals surface area contributed by atoms with E-state index in [1.54, 1.807) is 97.1 Å². The van der Waals surface area contributed by atoms with Gasteiger partial charge in [-0.15, -0.1) is 4.86 Å². The topological polar surface area (TPSA) is 64.6 Å². The van der Waals surface area contributed by atoms with Crippen LogP contribution < -0.4 is 24.5 Å². The molecule has 31 heavy (non-hydrogen) atoms. The fourth-order valence-electron chi connectivity index (χ4n) is 2.94. The highest BCUT2D eigenvalue weighted by Crippen LogP contribution is 2.55. The van der Waals surface area contributed by atoms with E-state index in [0.717, 1.165) is 0 Å². The molecule has 4 aromatic rings. The lowest BCUT2D eigenvalue weighted by Gasteiger charge is -2.27. The van der Waals surface area contributed by atoms with Crippen LogP contribution in [0.25, 0.3) is 0 Å². The molecule has 0 aliphatic carbocycles. The van der Waals surface area contributed by atoms with Crippen molar-refractivity contribution in [1.82, 2.24) is 4.86 Å². The second-order valence-corrected chi connectivity index (χ2v) is 11.1. The maximum Gasteiger partial charge on any atom is 0.355 e. The zero-order chi connectivity index (χ0) is 21.6. The molecule has 5 nitrogen and oxygen atoms in total. The third-order valence-electron chi connectivity index (χ3n) is 4.41. The minimum Gasteiger partial charge on any atom is -0.429 e. The Hall–Kier alpha value is -3.10. The average Bonchev–Trinajstić information content (AvgIpc) is 2.81. The van der Waals surface area contributed by atoms with Crippen molar-refractivity contribution in [2.45, 2.75) is 0 Å². The molecule has 2 unspecified atom stereocenters. The SMILES string of the molecule is O=P(NP(=O)(Oc1ccccc1)c1ccccc1)(Oc1ccccc1)c1ccccc1. The van der Waals surface area contributed by atoms with Crippen molar-refractivity contribution >= 4 is 25.6 Å². The minimum absolute atomic E-state index is 0.381. The van der Waals surface area contributed by atoms with Crippen molar-refractivity contribution in [1.29, 1.82) is 0 Å². The summed E-state index contributed by atoms with van der Waals surface area (Å²) in [5.41, 5.74) is 0. The molecule has 4 rings (SSSR count). The molecular formula is C24H21NO4P2. The average molecular weight is 449 g/mol. The van der Waals surface area contributed by atoms with Gasteiger partial charge in [0, 0.05) is 0 Å². The van der Waals surface area contributed by atoms with Crippen LogP contribution in [-0.4, -0.2) is 0 Å². The van der Waals surface area contributed by atoms with Gasteiger partial charge in [-0.1, -0.05) is 72.8 Å². The molecule has 0 aliphatic heterocycles. The van der Waals surface area contributed by atoms with E-state index in [4.69, 9.17) is 9.05 Å². The lowest BCUT2D eigenvalue weighted by Crippen LogP contribution is -2.28. The lowest BCUT2D eigenvalue weighted by atomic mass is 10.3. The molecule has 0 aromatic heterocycles. The number of benzene rings is 4. The van der Waals surface area contributed by atoms with Gasteiger partial charge in [0.1, 0.15) is 11.5 Å². The summed E-state index contributed by atoms with van der Waals surface area (Å²) in [6.45, 7) is 0. The fraction of sp³-hybridized carbons (Fsp3) is 0. The monoisotopic (exact) mass is 449 g/mol. The fourth-order valence-corrected chi connectivity index (χ4v) is 7.76. The van der Waals surface area contributed by atoms with Gasteiger partial charge in [0.05, 0.1) is 10.6 Å². The first-order chi connectivity index (χ1) is 15.1. The normalized spacial score (nSPS) is 14.7. The van der Waals surface area contributed by atoms with Crippen LogP contribution in [0, 0.1) is 0 Å². The molecule has 0 heterocycles. The van der Waals surface area contributed by atoms with Crippen LogP contribution in [0.3, 0.4) is 0 Å². The predicted octanol–water partition coefficient (Wildman–Crippen LogP) is 5.77. The van der Waals surface area contributed by atoms with E-state index in [1.807, 2.05) is 24.3 Å². The van der Waals surface area contributed by atoms with Gasteiger partial charge in [-0.25, -0.2) is 0 Å². The minimum atomic E-state index is -3.86. The van der Waals surface area contributed by atoms with Crippen molar-refractivity contribution in [2.24, 2.45) is 0 Å². The van der Waals surface area contributed by atoms with E-state index >= 15 is 0 Å². The molecule has 0 spiro atoms. The third-order valence-corrected chi connectivity index (χ3v) is 9.41. The van der Waals surface area contributed by atoms with Crippen molar-refractivity contribution < 1.29 is 18.2 Å². The first kappa shape index (κ1) is 21.1. The Morgan fingerprint density at radius 1 is 0.452 bits per heavy atom. The van der Waals surface area contributed by atoms with Crippen molar-refractivity contribution in [2.75, 3.05) is 0 Å². The summed E-state index contributed by atoms with van der Waals surface area (Å²) in [4.78, 5) is 2.80. The summed E-state index contributed by atoms with van der Waals surface area (Å²) in [6, 6.07) is 34.9. The summed E-state index contributed by atoms with van der Waals surface area (Å²) < 4.78 is 40.2. The smallest absolute Gasteiger partial charge is 0.355 e. The number of nitrogens with one attached hydrogen (secondary N) is 1. The second-order valence-electron chi connectivity index (χ2n) is 6.68. The molecule has 1 N–H and O–H groups in total. The van der Waals surface area contributed by atoms with Crippen LogP contribution >= 0.6 is 15.0 Å². The predicted molar refractivity (Wildman–Crippen MR) is 125 cm³/mol. The zero-order valence-electron chi connectivity index (χ0n) is 16.6. The van der Waals surface area contributed by atoms with E-state index in [9.17, 15) is 9.13 Å². The van der Waals surface area contributed by atoms with Gasteiger partial charge in [-0.3, -0.25) is 9.13 Å². The molecular weight excluding hydrogens is 428 g/mol. The van der Waals surface area contributed by atoms with E-state index in [2.05, 4.69) is 4.86 Å². The molecule has 7 heteroatoms. The highest BCUT2D eigenvalue weighted by atomic mass is 31.2.